The number of hydrogen-bond donors (Lipinski definition) is 1. The Hall–Kier alpha value is -3.73. The van der Waals surface area contributed by atoms with Crippen molar-refractivity contribution in [1.82, 2.24) is 0 Å². The maximum Gasteiger partial charge on any atom is 0.300 e. The first kappa shape index (κ1) is 22.5. The predicted octanol–water partition coefficient (Wildman–Crippen LogP) is 6.06. The van der Waals surface area contributed by atoms with Crippen molar-refractivity contribution >= 4 is 23.1 Å². The SMILES string of the molecule is Cc1ccc(C(C)(C)C)cc1/C(O)=C1\C(=O)C(=O)N(c2ccccc2)C1c1ccccc1F. The van der Waals surface area contributed by atoms with Crippen LogP contribution >= 0.6 is 0 Å². The van der Waals surface area contributed by atoms with Gasteiger partial charge in [0.15, 0.2) is 0 Å². The zero-order valence-corrected chi connectivity index (χ0v) is 19.1. The van der Waals surface area contributed by atoms with E-state index in [4.69, 9.17) is 0 Å². The first-order valence-electron chi connectivity index (χ1n) is 10.8. The number of rotatable bonds is 3. The highest BCUT2D eigenvalue weighted by Crippen LogP contribution is 2.43. The summed E-state index contributed by atoms with van der Waals surface area (Å²) >= 11 is 0. The molecular weight excluding hydrogens is 417 g/mol. The van der Waals surface area contributed by atoms with Crippen LogP contribution in [0.2, 0.25) is 0 Å². The summed E-state index contributed by atoms with van der Waals surface area (Å²) in [7, 11) is 0. The lowest BCUT2D eigenvalue weighted by atomic mass is 9.84. The molecule has 4 nitrogen and oxygen atoms in total. The normalized spacial score (nSPS) is 18.1. The van der Waals surface area contributed by atoms with E-state index in [1.54, 1.807) is 42.5 Å². The quantitative estimate of drug-likeness (QED) is 0.304. The molecule has 1 amide bonds. The molecule has 1 aliphatic heterocycles. The van der Waals surface area contributed by atoms with E-state index in [1.165, 1.54) is 17.0 Å². The number of aliphatic hydroxyl groups excluding tert-OH is 1. The minimum Gasteiger partial charge on any atom is -0.507 e. The molecule has 1 atom stereocenters. The van der Waals surface area contributed by atoms with Gasteiger partial charge in [-0.05, 0) is 47.7 Å². The number of para-hydroxylation sites is 1. The third-order valence-electron chi connectivity index (χ3n) is 6.04. The molecule has 1 fully saturated rings. The fourth-order valence-electron chi connectivity index (χ4n) is 4.17. The molecule has 1 N–H and O–H groups in total. The molecule has 5 heteroatoms. The molecule has 1 aliphatic rings. The number of aryl methyl sites for hydroxylation is 1. The number of anilines is 1. The number of Topliss-reactive ketones (excluding diaryl/α,β-unsaturated/α-hetero) is 1. The van der Waals surface area contributed by atoms with Gasteiger partial charge in [0.1, 0.15) is 11.6 Å². The Morgan fingerprint density at radius 2 is 1.58 bits per heavy atom. The first-order chi connectivity index (χ1) is 15.6. The van der Waals surface area contributed by atoms with Crippen molar-refractivity contribution in [3.8, 4) is 0 Å². The fourth-order valence-corrected chi connectivity index (χ4v) is 4.17. The second kappa shape index (κ2) is 8.32. The van der Waals surface area contributed by atoms with Gasteiger partial charge in [0.05, 0.1) is 11.6 Å². The summed E-state index contributed by atoms with van der Waals surface area (Å²) in [6.07, 6.45) is 0. The lowest BCUT2D eigenvalue weighted by Gasteiger charge is -2.26. The van der Waals surface area contributed by atoms with Gasteiger partial charge in [-0.3, -0.25) is 14.5 Å². The highest BCUT2D eigenvalue weighted by atomic mass is 19.1. The molecular formula is C28H26FNO3. The average molecular weight is 444 g/mol. The van der Waals surface area contributed by atoms with Gasteiger partial charge in [-0.15, -0.1) is 0 Å². The molecule has 3 aromatic rings. The van der Waals surface area contributed by atoms with Crippen LogP contribution in [-0.2, 0) is 15.0 Å². The van der Waals surface area contributed by atoms with Crippen LogP contribution in [0.1, 0.15) is 49.1 Å². The summed E-state index contributed by atoms with van der Waals surface area (Å²) < 4.78 is 15.0. The van der Waals surface area contributed by atoms with Crippen LogP contribution < -0.4 is 4.90 Å². The van der Waals surface area contributed by atoms with Gasteiger partial charge in [-0.25, -0.2) is 4.39 Å². The third kappa shape index (κ3) is 3.95. The van der Waals surface area contributed by atoms with Crippen LogP contribution in [0.3, 0.4) is 0 Å². The molecule has 4 rings (SSSR count). The molecule has 0 aliphatic carbocycles. The highest BCUT2D eigenvalue weighted by molar-refractivity contribution is 6.51. The van der Waals surface area contributed by atoms with Crippen molar-refractivity contribution in [2.45, 2.75) is 39.2 Å². The number of ketones is 1. The summed E-state index contributed by atoms with van der Waals surface area (Å²) in [5.74, 6) is -2.51. The van der Waals surface area contributed by atoms with Gasteiger partial charge in [-0.1, -0.05) is 69.3 Å². The fraction of sp³-hybridized carbons (Fsp3) is 0.214. The summed E-state index contributed by atoms with van der Waals surface area (Å²) in [6, 6.07) is 19.2. The molecule has 0 spiro atoms. The monoisotopic (exact) mass is 443 g/mol. The van der Waals surface area contributed by atoms with E-state index >= 15 is 0 Å². The van der Waals surface area contributed by atoms with E-state index in [0.29, 0.717) is 11.3 Å². The Labute approximate surface area is 193 Å². The van der Waals surface area contributed by atoms with Gasteiger partial charge in [0.25, 0.3) is 11.7 Å². The molecule has 1 heterocycles. The van der Waals surface area contributed by atoms with Crippen LogP contribution in [0.15, 0.2) is 78.4 Å². The molecule has 0 saturated carbocycles. The minimum atomic E-state index is -1.09. The molecule has 0 aromatic heterocycles. The van der Waals surface area contributed by atoms with E-state index in [9.17, 15) is 19.1 Å². The van der Waals surface area contributed by atoms with Crippen LogP contribution in [0, 0.1) is 12.7 Å². The molecule has 33 heavy (non-hydrogen) atoms. The van der Waals surface area contributed by atoms with Crippen molar-refractivity contribution < 1.29 is 19.1 Å². The number of hydrogen-bond acceptors (Lipinski definition) is 3. The largest absolute Gasteiger partial charge is 0.507 e. The number of carbonyl (C=O) groups excluding carboxylic acids is 2. The van der Waals surface area contributed by atoms with E-state index in [1.807, 2.05) is 25.1 Å². The van der Waals surface area contributed by atoms with E-state index in [-0.39, 0.29) is 22.3 Å². The lowest BCUT2D eigenvalue weighted by Crippen LogP contribution is -2.29. The van der Waals surface area contributed by atoms with Crippen LogP contribution in [0.25, 0.3) is 5.76 Å². The van der Waals surface area contributed by atoms with Crippen molar-refractivity contribution in [3.63, 3.8) is 0 Å². The van der Waals surface area contributed by atoms with Crippen molar-refractivity contribution in [1.29, 1.82) is 0 Å². The van der Waals surface area contributed by atoms with Crippen LogP contribution in [0.4, 0.5) is 10.1 Å². The number of carbonyl (C=O) groups is 2. The highest BCUT2D eigenvalue weighted by Gasteiger charge is 2.47. The molecule has 0 bridgehead atoms. The van der Waals surface area contributed by atoms with Gasteiger partial charge < -0.3 is 5.11 Å². The number of benzene rings is 3. The Balaban J connectivity index is 2.00. The zero-order valence-electron chi connectivity index (χ0n) is 19.1. The van der Waals surface area contributed by atoms with Gasteiger partial charge >= 0.3 is 0 Å². The summed E-state index contributed by atoms with van der Waals surface area (Å²) in [5.41, 5.74) is 2.45. The van der Waals surface area contributed by atoms with E-state index in [0.717, 1.165) is 11.1 Å². The Morgan fingerprint density at radius 3 is 2.21 bits per heavy atom. The maximum absolute atomic E-state index is 15.0. The zero-order chi connectivity index (χ0) is 23.9. The second-order valence-electron chi connectivity index (χ2n) is 9.31. The number of nitrogens with zero attached hydrogens (tertiary/aromatic N) is 1. The van der Waals surface area contributed by atoms with Crippen molar-refractivity contribution in [2.75, 3.05) is 4.90 Å². The average Bonchev–Trinajstić information content (AvgIpc) is 3.04. The smallest absolute Gasteiger partial charge is 0.300 e. The van der Waals surface area contributed by atoms with Crippen molar-refractivity contribution in [2.24, 2.45) is 0 Å². The summed E-state index contributed by atoms with van der Waals surface area (Å²) in [5, 5.41) is 11.4. The molecule has 168 valence electrons. The maximum atomic E-state index is 15.0. The van der Waals surface area contributed by atoms with Crippen LogP contribution in [-0.4, -0.2) is 16.8 Å². The second-order valence-corrected chi connectivity index (χ2v) is 9.31. The van der Waals surface area contributed by atoms with E-state index in [2.05, 4.69) is 20.8 Å². The van der Waals surface area contributed by atoms with Gasteiger partial charge in [-0.2, -0.15) is 0 Å². The first-order valence-corrected chi connectivity index (χ1v) is 10.8. The molecule has 1 unspecified atom stereocenters. The number of halogens is 1. The minimum absolute atomic E-state index is 0.122. The van der Waals surface area contributed by atoms with Crippen molar-refractivity contribution in [3.05, 3.63) is 106 Å². The Bertz CT molecular complexity index is 1270. The van der Waals surface area contributed by atoms with Gasteiger partial charge in [0, 0.05) is 16.8 Å². The topological polar surface area (TPSA) is 57.6 Å². The summed E-state index contributed by atoms with van der Waals surface area (Å²) in [4.78, 5) is 27.7. The Morgan fingerprint density at radius 1 is 0.939 bits per heavy atom. The predicted molar refractivity (Wildman–Crippen MR) is 128 cm³/mol. The number of aliphatic hydroxyl groups is 1. The third-order valence-corrected chi connectivity index (χ3v) is 6.04. The standard InChI is InChI=1S/C28H26FNO3/c1-17-14-15-18(28(2,3)4)16-21(17)25(31)23-24(20-12-8-9-13-22(20)29)30(27(33)26(23)32)19-10-6-5-7-11-19/h5-16,24,31H,1-4H3/b25-23+. The lowest BCUT2D eigenvalue weighted by molar-refractivity contribution is -0.132. The van der Waals surface area contributed by atoms with Gasteiger partial charge in [0.2, 0.25) is 0 Å². The molecule has 3 aromatic carbocycles. The summed E-state index contributed by atoms with van der Waals surface area (Å²) in [6.45, 7) is 7.98. The van der Waals surface area contributed by atoms with E-state index < -0.39 is 23.5 Å². The van der Waals surface area contributed by atoms with Crippen LogP contribution in [0.5, 0.6) is 0 Å². The molecule has 1 saturated heterocycles. The Kier molecular flexibility index (Phi) is 5.66. The molecule has 0 radical (unpaired) electrons. The number of amides is 1.